The fraction of sp³-hybridized carbons (Fsp3) is 0.0455. The molecule has 0 saturated carbocycles. The van der Waals surface area contributed by atoms with Gasteiger partial charge in [0.2, 0.25) is 5.91 Å². The van der Waals surface area contributed by atoms with Gasteiger partial charge in [0.1, 0.15) is 5.69 Å². The first-order valence-corrected chi connectivity index (χ1v) is 9.31. The Labute approximate surface area is 171 Å². The summed E-state index contributed by atoms with van der Waals surface area (Å²) in [4.78, 5) is 11.5. The van der Waals surface area contributed by atoms with E-state index >= 15 is 0 Å². The van der Waals surface area contributed by atoms with Gasteiger partial charge in [-0.25, -0.2) is 0 Å². The fourth-order valence-electron chi connectivity index (χ4n) is 3.22. The number of rotatable bonds is 3. The third-order valence-corrected chi connectivity index (χ3v) is 5.23. The molecule has 0 saturated heterocycles. The zero-order valence-corrected chi connectivity index (χ0v) is 16.4. The van der Waals surface area contributed by atoms with E-state index in [1.54, 1.807) is 24.4 Å². The van der Waals surface area contributed by atoms with Crippen LogP contribution in [-0.4, -0.2) is 16.1 Å². The summed E-state index contributed by atoms with van der Waals surface area (Å²) in [5.41, 5.74) is 10.3. The molecule has 0 aliphatic rings. The van der Waals surface area contributed by atoms with Crippen molar-refractivity contribution in [3.8, 4) is 22.4 Å². The van der Waals surface area contributed by atoms with Crippen molar-refractivity contribution in [2.75, 3.05) is 0 Å². The second kappa shape index (κ2) is 7.23. The van der Waals surface area contributed by atoms with Crippen molar-refractivity contribution in [1.29, 1.82) is 0 Å². The first-order chi connectivity index (χ1) is 13.4. The van der Waals surface area contributed by atoms with Crippen LogP contribution in [0.5, 0.6) is 0 Å². The van der Waals surface area contributed by atoms with Crippen molar-refractivity contribution < 1.29 is 4.79 Å². The second-order valence-electron chi connectivity index (χ2n) is 6.51. The van der Waals surface area contributed by atoms with Crippen molar-refractivity contribution in [3.63, 3.8) is 0 Å². The average Bonchev–Trinajstić information content (AvgIpc) is 2.67. The van der Waals surface area contributed by atoms with E-state index in [0.717, 1.165) is 33.0 Å². The minimum atomic E-state index is -0.451. The van der Waals surface area contributed by atoms with Crippen molar-refractivity contribution in [2.24, 2.45) is 5.73 Å². The zero-order valence-electron chi connectivity index (χ0n) is 14.9. The number of aromatic nitrogens is 2. The Kier molecular flexibility index (Phi) is 4.75. The van der Waals surface area contributed by atoms with Gasteiger partial charge < -0.3 is 5.73 Å². The molecule has 0 bridgehead atoms. The van der Waals surface area contributed by atoms with E-state index in [4.69, 9.17) is 28.9 Å². The summed E-state index contributed by atoms with van der Waals surface area (Å²) in [7, 11) is 0. The summed E-state index contributed by atoms with van der Waals surface area (Å²) in [5.74, 6) is -0.451. The van der Waals surface area contributed by atoms with Crippen molar-refractivity contribution >= 4 is 39.9 Å². The van der Waals surface area contributed by atoms with Crippen LogP contribution in [0, 0.1) is 6.92 Å². The number of hydrogen-bond acceptors (Lipinski definition) is 3. The number of fused-ring (bicyclic) bond motifs is 1. The normalized spacial score (nSPS) is 11.0. The Morgan fingerprint density at radius 3 is 2.54 bits per heavy atom. The van der Waals surface area contributed by atoms with Crippen molar-refractivity contribution in [1.82, 2.24) is 10.2 Å². The van der Waals surface area contributed by atoms with Gasteiger partial charge in [-0.15, -0.1) is 5.10 Å². The number of benzene rings is 3. The SMILES string of the molecule is Cc1ccc(C(N)=O)cc1-c1ccc2c(-c3ccc(Cl)cc3Cl)nncc2c1. The number of hydrogen-bond donors (Lipinski definition) is 1. The van der Waals surface area contributed by atoms with Crippen LogP contribution in [0.15, 0.2) is 60.8 Å². The molecule has 0 spiro atoms. The molecule has 4 aromatic rings. The predicted octanol–water partition coefficient (Wildman–Crippen LogP) is 5.68. The van der Waals surface area contributed by atoms with Crippen LogP contribution in [0.4, 0.5) is 0 Å². The number of primary amides is 1. The summed E-state index contributed by atoms with van der Waals surface area (Å²) in [6, 6.07) is 16.7. The van der Waals surface area contributed by atoms with Crippen LogP contribution >= 0.6 is 23.2 Å². The minimum Gasteiger partial charge on any atom is -0.366 e. The summed E-state index contributed by atoms with van der Waals surface area (Å²) < 4.78 is 0. The molecule has 1 aromatic heterocycles. The minimum absolute atomic E-state index is 0.451. The number of carbonyl (C=O) groups is 1. The van der Waals surface area contributed by atoms with Gasteiger partial charge in [0.25, 0.3) is 0 Å². The Bertz CT molecular complexity index is 1240. The van der Waals surface area contributed by atoms with Crippen molar-refractivity contribution in [2.45, 2.75) is 6.92 Å². The molecule has 0 atom stereocenters. The smallest absolute Gasteiger partial charge is 0.248 e. The quantitative estimate of drug-likeness (QED) is 0.474. The molecular weight excluding hydrogens is 393 g/mol. The number of aryl methyl sites for hydroxylation is 1. The van der Waals surface area contributed by atoms with E-state index in [0.29, 0.717) is 21.3 Å². The first-order valence-electron chi connectivity index (χ1n) is 8.56. The molecule has 3 aromatic carbocycles. The number of halogens is 2. The maximum Gasteiger partial charge on any atom is 0.248 e. The summed E-state index contributed by atoms with van der Waals surface area (Å²) in [6.45, 7) is 1.99. The Balaban J connectivity index is 1.88. The van der Waals surface area contributed by atoms with E-state index in [1.165, 1.54) is 0 Å². The molecule has 1 heterocycles. The Morgan fingerprint density at radius 2 is 1.79 bits per heavy atom. The molecule has 0 aliphatic carbocycles. The highest BCUT2D eigenvalue weighted by Crippen LogP contribution is 2.35. The number of nitrogens with two attached hydrogens (primary N) is 1. The number of nitrogens with zero attached hydrogens (tertiary/aromatic N) is 2. The van der Waals surface area contributed by atoms with Gasteiger partial charge in [0.15, 0.2) is 0 Å². The van der Waals surface area contributed by atoms with E-state index in [9.17, 15) is 4.79 Å². The summed E-state index contributed by atoms with van der Waals surface area (Å²) in [5, 5.41) is 11.3. The first kappa shape index (κ1) is 18.4. The largest absolute Gasteiger partial charge is 0.366 e. The van der Waals surface area contributed by atoms with Crippen LogP contribution in [0.1, 0.15) is 15.9 Å². The molecule has 6 heteroatoms. The zero-order chi connectivity index (χ0) is 19.8. The summed E-state index contributed by atoms with van der Waals surface area (Å²) in [6.07, 6.45) is 1.71. The molecule has 4 nitrogen and oxygen atoms in total. The van der Waals surface area contributed by atoms with Gasteiger partial charge in [0, 0.05) is 26.9 Å². The third-order valence-electron chi connectivity index (χ3n) is 4.68. The average molecular weight is 408 g/mol. The topological polar surface area (TPSA) is 68.9 Å². The highest BCUT2D eigenvalue weighted by atomic mass is 35.5. The van der Waals surface area contributed by atoms with Gasteiger partial charge in [-0.05, 0) is 60.0 Å². The molecule has 0 radical (unpaired) electrons. The summed E-state index contributed by atoms with van der Waals surface area (Å²) >= 11 is 12.4. The van der Waals surface area contributed by atoms with E-state index in [2.05, 4.69) is 10.2 Å². The molecule has 0 aliphatic heterocycles. The van der Waals surface area contributed by atoms with Crippen LogP contribution < -0.4 is 5.73 Å². The van der Waals surface area contributed by atoms with Gasteiger partial charge >= 0.3 is 0 Å². The molecule has 4 rings (SSSR count). The van der Waals surface area contributed by atoms with Crippen LogP contribution in [0.3, 0.4) is 0 Å². The lowest BCUT2D eigenvalue weighted by molar-refractivity contribution is 0.100. The molecule has 2 N–H and O–H groups in total. The van der Waals surface area contributed by atoms with E-state index in [1.807, 2.05) is 43.3 Å². The van der Waals surface area contributed by atoms with Gasteiger partial charge in [-0.3, -0.25) is 4.79 Å². The molecular formula is C22H15Cl2N3O. The highest BCUT2D eigenvalue weighted by molar-refractivity contribution is 6.36. The third kappa shape index (κ3) is 3.33. The van der Waals surface area contributed by atoms with Crippen LogP contribution in [-0.2, 0) is 0 Å². The standard InChI is InChI=1S/C22H15Cl2N3O/c1-12-2-3-14(22(25)28)9-19(12)13-4-6-17-15(8-13)11-26-27-21(17)18-7-5-16(23)10-20(18)24/h2-11H,1H3,(H2,25,28). The monoisotopic (exact) mass is 407 g/mol. The predicted molar refractivity (Wildman–Crippen MR) is 114 cm³/mol. The maximum absolute atomic E-state index is 11.5. The fourth-order valence-corrected chi connectivity index (χ4v) is 3.72. The molecule has 0 fully saturated rings. The Hall–Kier alpha value is -2.95. The number of amides is 1. The van der Waals surface area contributed by atoms with Gasteiger partial charge in [-0.1, -0.05) is 41.4 Å². The van der Waals surface area contributed by atoms with Gasteiger partial charge in [-0.2, -0.15) is 5.10 Å². The van der Waals surface area contributed by atoms with E-state index < -0.39 is 5.91 Å². The molecule has 28 heavy (non-hydrogen) atoms. The lowest BCUT2D eigenvalue weighted by atomic mass is 9.95. The molecule has 1 amide bonds. The second-order valence-corrected chi connectivity index (χ2v) is 7.36. The molecule has 0 unspecified atom stereocenters. The maximum atomic E-state index is 11.5. The van der Waals surface area contributed by atoms with Crippen LogP contribution in [0.25, 0.3) is 33.2 Å². The van der Waals surface area contributed by atoms with Crippen LogP contribution in [0.2, 0.25) is 10.0 Å². The van der Waals surface area contributed by atoms with E-state index in [-0.39, 0.29) is 0 Å². The molecule has 138 valence electrons. The van der Waals surface area contributed by atoms with Gasteiger partial charge in [0.05, 0.1) is 11.2 Å². The highest BCUT2D eigenvalue weighted by Gasteiger charge is 2.13. The Morgan fingerprint density at radius 1 is 0.964 bits per heavy atom. The van der Waals surface area contributed by atoms with Crippen molar-refractivity contribution in [3.05, 3.63) is 82.0 Å². The lowest BCUT2D eigenvalue weighted by Gasteiger charge is -2.11. The number of carbonyl (C=O) groups excluding carboxylic acids is 1. The lowest BCUT2D eigenvalue weighted by Crippen LogP contribution is -2.10.